The van der Waals surface area contributed by atoms with E-state index in [1.54, 1.807) is 0 Å². The van der Waals surface area contributed by atoms with Crippen LogP contribution in [0.2, 0.25) is 0 Å². The van der Waals surface area contributed by atoms with Gasteiger partial charge in [-0.05, 0) is 77.0 Å². The van der Waals surface area contributed by atoms with Crippen molar-refractivity contribution in [1.29, 1.82) is 0 Å². The molecule has 1 unspecified atom stereocenters. The Morgan fingerprint density at radius 2 is 1.79 bits per heavy atom. The monoisotopic (exact) mass is 407 g/mol. The molecule has 1 saturated carbocycles. The number of nitrogens with zero attached hydrogens (tertiary/aromatic N) is 2. The number of aliphatic hydroxyl groups is 1. The van der Waals surface area contributed by atoms with Crippen molar-refractivity contribution in [1.82, 2.24) is 10.4 Å². The van der Waals surface area contributed by atoms with E-state index in [1.165, 1.54) is 5.06 Å². The molecule has 3 rings (SSSR count). The predicted octanol–water partition coefficient (Wildman–Crippen LogP) is 4.60. The fraction of sp³-hybridized carbons (Fsp3) is 0.714. The van der Waals surface area contributed by atoms with Gasteiger partial charge in [-0.1, -0.05) is 18.2 Å². The molecule has 0 saturated heterocycles. The number of nitrogens with one attached hydrogen (secondary N) is 1. The van der Waals surface area contributed by atoms with E-state index in [1.807, 2.05) is 45.9 Å². The molecule has 156 valence electrons. The van der Waals surface area contributed by atoms with Gasteiger partial charge in [0.2, 0.25) is 0 Å². The maximum Gasteiger partial charge on any atom is 0.0914 e. The third kappa shape index (κ3) is 3.87. The first-order valence-corrected chi connectivity index (χ1v) is 10.8. The number of fused-ring (bicyclic) bond motifs is 1. The molecule has 0 bridgehead atoms. The highest BCUT2D eigenvalue weighted by Crippen LogP contribution is 2.48. The van der Waals surface area contributed by atoms with E-state index in [4.69, 9.17) is 0 Å². The van der Waals surface area contributed by atoms with Gasteiger partial charge in [0, 0.05) is 33.9 Å². The molecule has 1 heterocycles. The first-order chi connectivity index (χ1) is 13.0. The van der Waals surface area contributed by atoms with Gasteiger partial charge in [0.1, 0.15) is 0 Å². The average Bonchev–Trinajstić information content (AvgIpc) is 2.78. The molecule has 0 amide bonds. The van der Waals surface area contributed by atoms with E-state index >= 15 is 0 Å². The van der Waals surface area contributed by atoms with Gasteiger partial charge in [-0.2, -0.15) is 5.06 Å². The summed E-state index contributed by atoms with van der Waals surface area (Å²) in [5.74, 6) is 0. The van der Waals surface area contributed by atoms with Crippen molar-refractivity contribution in [3.05, 3.63) is 39.8 Å². The highest BCUT2D eigenvalue weighted by Gasteiger charge is 2.48. The maximum absolute atomic E-state index is 10.7. The third-order valence-electron chi connectivity index (χ3n) is 6.71. The normalized spacial score (nSPS) is 30.0. The number of hydrogen-bond acceptors (Lipinski definition) is 7. The lowest BCUT2D eigenvalue weighted by Crippen LogP contribution is -2.42. The van der Waals surface area contributed by atoms with Crippen molar-refractivity contribution in [2.24, 2.45) is 4.58 Å². The molecule has 0 spiro atoms. The third-order valence-corrected chi connectivity index (χ3v) is 7.63. The maximum atomic E-state index is 10.7. The topological polar surface area (TPSA) is 85.2 Å². The lowest BCUT2D eigenvalue weighted by Gasteiger charge is -2.35. The van der Waals surface area contributed by atoms with E-state index in [-0.39, 0.29) is 4.75 Å². The van der Waals surface area contributed by atoms with Crippen molar-refractivity contribution in [2.75, 3.05) is 6.54 Å². The van der Waals surface area contributed by atoms with E-state index in [2.05, 4.69) is 16.8 Å². The molecule has 1 aliphatic heterocycles. The average molecular weight is 408 g/mol. The van der Waals surface area contributed by atoms with Crippen LogP contribution in [-0.4, -0.2) is 32.7 Å². The standard InChI is InChI=1S/C21H33N3O3S/c1-19(2)16-7-6-14(12-17(16)20(3,4)24(19)27)18(25)13-22-15-8-10-21(5,11-9-15)28-23-26/h6-7,12,15,18,22,25,27H,8-11,13H2,1-5H3. The lowest BCUT2D eigenvalue weighted by molar-refractivity contribution is -0.216. The summed E-state index contributed by atoms with van der Waals surface area (Å²) in [7, 11) is 0. The minimum Gasteiger partial charge on any atom is -0.387 e. The van der Waals surface area contributed by atoms with Crippen LogP contribution in [0.4, 0.5) is 0 Å². The van der Waals surface area contributed by atoms with Crippen LogP contribution in [0.1, 0.15) is 83.1 Å². The van der Waals surface area contributed by atoms with Gasteiger partial charge in [0.25, 0.3) is 0 Å². The fourth-order valence-electron chi connectivity index (χ4n) is 4.75. The molecule has 7 heteroatoms. The molecule has 0 aromatic heterocycles. The van der Waals surface area contributed by atoms with Crippen LogP contribution in [0.15, 0.2) is 22.8 Å². The molecule has 0 radical (unpaired) electrons. The quantitative estimate of drug-likeness (QED) is 0.472. The summed E-state index contributed by atoms with van der Waals surface area (Å²) in [6, 6.07) is 6.38. The van der Waals surface area contributed by atoms with Crippen molar-refractivity contribution in [3.63, 3.8) is 0 Å². The number of nitroso groups, excluding NO2 is 1. The molecular weight excluding hydrogens is 374 g/mol. The van der Waals surface area contributed by atoms with Crippen LogP contribution in [-0.2, 0) is 11.1 Å². The molecule has 1 atom stereocenters. The lowest BCUT2D eigenvalue weighted by atomic mass is 9.86. The number of aliphatic hydroxyl groups excluding tert-OH is 1. The summed E-state index contributed by atoms with van der Waals surface area (Å²) >= 11 is 1.16. The summed E-state index contributed by atoms with van der Waals surface area (Å²) in [4.78, 5) is 10.6. The van der Waals surface area contributed by atoms with Gasteiger partial charge >= 0.3 is 0 Å². The van der Waals surface area contributed by atoms with E-state index in [0.29, 0.717) is 12.6 Å². The van der Waals surface area contributed by atoms with Crippen molar-refractivity contribution < 1.29 is 10.3 Å². The second-order valence-electron chi connectivity index (χ2n) is 9.55. The van der Waals surface area contributed by atoms with Gasteiger partial charge in [0.15, 0.2) is 0 Å². The first-order valence-electron chi connectivity index (χ1n) is 10.1. The Morgan fingerprint density at radius 1 is 1.18 bits per heavy atom. The van der Waals surface area contributed by atoms with Gasteiger partial charge < -0.3 is 15.6 Å². The van der Waals surface area contributed by atoms with E-state index < -0.39 is 17.2 Å². The van der Waals surface area contributed by atoms with Gasteiger partial charge in [-0.3, -0.25) is 0 Å². The Bertz CT molecular complexity index is 730. The first kappa shape index (κ1) is 21.7. The SMILES string of the molecule is CC1(SN=O)CCC(NCC(O)c2ccc3c(c2)C(C)(C)N(O)C3(C)C)CC1. The Morgan fingerprint density at radius 3 is 2.39 bits per heavy atom. The van der Waals surface area contributed by atoms with Crippen LogP contribution in [0.3, 0.4) is 0 Å². The second kappa shape index (κ2) is 7.69. The van der Waals surface area contributed by atoms with Crippen molar-refractivity contribution in [2.45, 2.75) is 88.3 Å². The van der Waals surface area contributed by atoms with Gasteiger partial charge in [0.05, 0.1) is 17.2 Å². The zero-order valence-electron chi connectivity index (χ0n) is 17.5. The van der Waals surface area contributed by atoms with Crippen LogP contribution >= 0.6 is 11.9 Å². The van der Waals surface area contributed by atoms with Crippen molar-refractivity contribution >= 4 is 11.9 Å². The Hall–Kier alpha value is -0.990. The highest BCUT2D eigenvalue weighted by atomic mass is 32.2. The predicted molar refractivity (Wildman–Crippen MR) is 113 cm³/mol. The largest absolute Gasteiger partial charge is 0.387 e. The van der Waals surface area contributed by atoms with Gasteiger partial charge in [-0.15, -0.1) is 4.91 Å². The van der Waals surface area contributed by atoms with E-state index in [9.17, 15) is 15.2 Å². The minimum absolute atomic E-state index is 0.0485. The second-order valence-corrected chi connectivity index (χ2v) is 10.9. The number of hydrogen-bond donors (Lipinski definition) is 3. The van der Waals surface area contributed by atoms with Crippen LogP contribution in [0.5, 0.6) is 0 Å². The summed E-state index contributed by atoms with van der Waals surface area (Å²) < 4.78 is 2.96. The zero-order valence-corrected chi connectivity index (χ0v) is 18.3. The molecule has 1 aromatic carbocycles. The number of hydroxylamine groups is 2. The van der Waals surface area contributed by atoms with Crippen molar-refractivity contribution in [3.8, 4) is 0 Å². The summed E-state index contributed by atoms with van der Waals surface area (Å²) in [6.45, 7) is 10.6. The Balaban J connectivity index is 1.63. The highest BCUT2D eigenvalue weighted by molar-refractivity contribution is 7.99. The van der Waals surface area contributed by atoms with Crippen LogP contribution < -0.4 is 5.32 Å². The fourth-order valence-corrected chi connectivity index (χ4v) is 5.34. The smallest absolute Gasteiger partial charge is 0.0914 e. The summed E-state index contributed by atoms with van der Waals surface area (Å²) in [5, 5.41) is 26.2. The van der Waals surface area contributed by atoms with Crippen LogP contribution in [0.25, 0.3) is 0 Å². The number of rotatable bonds is 6. The molecule has 1 fully saturated rings. The summed E-state index contributed by atoms with van der Waals surface area (Å²) in [5.41, 5.74) is 2.07. The number of benzene rings is 1. The van der Waals surface area contributed by atoms with E-state index in [0.717, 1.165) is 54.3 Å². The molecule has 3 N–H and O–H groups in total. The Kier molecular flexibility index (Phi) is 5.96. The van der Waals surface area contributed by atoms with Crippen LogP contribution in [0, 0.1) is 4.91 Å². The molecule has 2 aliphatic rings. The molecule has 28 heavy (non-hydrogen) atoms. The molecule has 1 aliphatic carbocycles. The molecular formula is C21H33N3O3S. The summed E-state index contributed by atoms with van der Waals surface area (Å²) in [6.07, 6.45) is 3.26. The minimum atomic E-state index is -0.601. The van der Waals surface area contributed by atoms with Gasteiger partial charge in [-0.25, -0.2) is 0 Å². The molecule has 1 aromatic rings. The zero-order chi connectivity index (χ0) is 20.7. The molecule has 6 nitrogen and oxygen atoms in total. The Labute approximate surface area is 172 Å².